The fourth-order valence-corrected chi connectivity index (χ4v) is 3.81. The van der Waals surface area contributed by atoms with Crippen LogP contribution in [-0.2, 0) is 17.8 Å². The Morgan fingerprint density at radius 2 is 1.70 bits per heavy atom. The predicted octanol–water partition coefficient (Wildman–Crippen LogP) is 5.74. The average molecular weight is 481 g/mol. The molecule has 1 N–H and O–H groups in total. The third-order valence-corrected chi connectivity index (χ3v) is 5.62. The Balaban J connectivity index is 1.54. The van der Waals surface area contributed by atoms with Gasteiger partial charge in [0.2, 0.25) is 5.91 Å². The number of nitrogens with zero attached hydrogens (tertiary/aromatic N) is 3. The highest BCUT2D eigenvalue weighted by Gasteiger charge is 2.13. The van der Waals surface area contributed by atoms with Gasteiger partial charge in [0.25, 0.3) is 0 Å². The number of benzene rings is 3. The van der Waals surface area contributed by atoms with Crippen LogP contribution in [0.2, 0.25) is 10.0 Å². The lowest BCUT2D eigenvalue weighted by Gasteiger charge is -2.06. The largest absolute Gasteiger partial charge is 0.273 e. The van der Waals surface area contributed by atoms with E-state index in [1.165, 1.54) is 18.3 Å². The molecule has 8 heteroatoms. The van der Waals surface area contributed by atoms with Crippen molar-refractivity contribution < 1.29 is 9.18 Å². The van der Waals surface area contributed by atoms with E-state index in [1.807, 2.05) is 36.5 Å². The van der Waals surface area contributed by atoms with Crippen LogP contribution in [0.15, 0.2) is 84.1 Å². The lowest BCUT2D eigenvalue weighted by molar-refractivity contribution is -0.120. The van der Waals surface area contributed by atoms with Gasteiger partial charge in [0.15, 0.2) is 0 Å². The first-order valence-corrected chi connectivity index (χ1v) is 10.9. The quantitative estimate of drug-likeness (QED) is 0.271. The monoisotopic (exact) mass is 480 g/mol. The Labute approximate surface area is 200 Å². The van der Waals surface area contributed by atoms with E-state index in [0.717, 1.165) is 16.7 Å². The molecule has 3 aromatic carbocycles. The Bertz CT molecular complexity index is 1270. The summed E-state index contributed by atoms with van der Waals surface area (Å²) in [5, 5.41) is 9.80. The molecule has 4 aromatic rings. The first kappa shape index (κ1) is 22.7. The Morgan fingerprint density at radius 1 is 1.00 bits per heavy atom. The van der Waals surface area contributed by atoms with Crippen LogP contribution in [0, 0.1) is 5.82 Å². The van der Waals surface area contributed by atoms with Crippen molar-refractivity contribution in [3.05, 3.63) is 112 Å². The van der Waals surface area contributed by atoms with E-state index in [2.05, 4.69) is 15.6 Å². The molecule has 0 saturated carbocycles. The van der Waals surface area contributed by atoms with E-state index in [0.29, 0.717) is 27.8 Å². The van der Waals surface area contributed by atoms with Crippen molar-refractivity contribution >= 4 is 35.3 Å². The molecular weight excluding hydrogens is 462 g/mol. The van der Waals surface area contributed by atoms with E-state index in [9.17, 15) is 9.18 Å². The SMILES string of the molecule is O=C(Cc1ccc(F)cc1)NN=Cc1nn(Cc2c(Cl)cccc2Cl)cc1-c1ccccc1. The predicted molar refractivity (Wildman–Crippen MR) is 129 cm³/mol. The highest BCUT2D eigenvalue weighted by Crippen LogP contribution is 2.27. The second kappa shape index (κ2) is 10.4. The number of rotatable bonds is 7. The molecule has 0 radical (unpaired) electrons. The van der Waals surface area contributed by atoms with Gasteiger partial charge in [-0.15, -0.1) is 0 Å². The van der Waals surface area contributed by atoms with Crippen molar-refractivity contribution in [2.45, 2.75) is 13.0 Å². The van der Waals surface area contributed by atoms with Gasteiger partial charge >= 0.3 is 0 Å². The van der Waals surface area contributed by atoms with Crippen molar-refractivity contribution in [3.8, 4) is 11.1 Å². The third kappa shape index (κ3) is 5.86. The molecule has 0 fully saturated rings. The van der Waals surface area contributed by atoms with E-state index in [-0.39, 0.29) is 18.1 Å². The molecule has 166 valence electrons. The van der Waals surface area contributed by atoms with Crippen LogP contribution in [0.25, 0.3) is 11.1 Å². The molecule has 0 unspecified atom stereocenters. The maximum atomic E-state index is 13.0. The first-order chi connectivity index (χ1) is 16.0. The number of aromatic nitrogens is 2. The second-order valence-corrected chi connectivity index (χ2v) is 8.10. The number of nitrogens with one attached hydrogen (secondary N) is 1. The number of carbonyl (C=O) groups is 1. The fourth-order valence-electron chi connectivity index (χ4n) is 3.29. The van der Waals surface area contributed by atoms with Gasteiger partial charge in [-0.05, 0) is 35.4 Å². The topological polar surface area (TPSA) is 59.3 Å². The van der Waals surface area contributed by atoms with E-state index in [1.54, 1.807) is 35.0 Å². The van der Waals surface area contributed by atoms with Gasteiger partial charge in [0.05, 0.1) is 19.2 Å². The third-order valence-electron chi connectivity index (χ3n) is 4.91. The lowest BCUT2D eigenvalue weighted by atomic mass is 10.1. The van der Waals surface area contributed by atoms with Crippen LogP contribution in [0.5, 0.6) is 0 Å². The lowest BCUT2D eigenvalue weighted by Crippen LogP contribution is -2.19. The molecule has 0 bridgehead atoms. The molecular formula is C25H19Cl2FN4O. The molecule has 1 aromatic heterocycles. The minimum absolute atomic E-state index is 0.0859. The molecule has 33 heavy (non-hydrogen) atoms. The number of amides is 1. The maximum absolute atomic E-state index is 13.0. The van der Waals surface area contributed by atoms with Crippen molar-refractivity contribution in [2.24, 2.45) is 5.10 Å². The highest BCUT2D eigenvalue weighted by molar-refractivity contribution is 6.35. The van der Waals surface area contributed by atoms with Crippen LogP contribution in [-0.4, -0.2) is 21.9 Å². The molecule has 1 heterocycles. The van der Waals surface area contributed by atoms with Gasteiger partial charge < -0.3 is 0 Å². The summed E-state index contributed by atoms with van der Waals surface area (Å²) in [7, 11) is 0. The standard InChI is InChI=1S/C25H19Cl2FN4O/c26-22-7-4-8-23(27)21(22)16-32-15-20(18-5-2-1-3-6-18)24(31-32)14-29-30-25(33)13-17-9-11-19(28)12-10-17/h1-12,14-15H,13,16H2,(H,30,33). The minimum Gasteiger partial charge on any atom is -0.273 e. The van der Waals surface area contributed by atoms with Crippen LogP contribution < -0.4 is 5.43 Å². The molecule has 0 aliphatic rings. The summed E-state index contributed by atoms with van der Waals surface area (Å²) in [6.45, 7) is 0.378. The molecule has 1 amide bonds. The van der Waals surface area contributed by atoms with Crippen molar-refractivity contribution in [1.29, 1.82) is 0 Å². The number of halogens is 3. The second-order valence-electron chi connectivity index (χ2n) is 7.29. The zero-order valence-electron chi connectivity index (χ0n) is 17.4. The smallest absolute Gasteiger partial charge is 0.244 e. The molecule has 5 nitrogen and oxygen atoms in total. The van der Waals surface area contributed by atoms with Gasteiger partial charge in [0.1, 0.15) is 11.5 Å². The van der Waals surface area contributed by atoms with Crippen molar-refractivity contribution in [1.82, 2.24) is 15.2 Å². The summed E-state index contributed by atoms with van der Waals surface area (Å²) < 4.78 is 14.8. The molecule has 0 aliphatic carbocycles. The van der Waals surface area contributed by atoms with Crippen LogP contribution in [0.3, 0.4) is 0 Å². The van der Waals surface area contributed by atoms with Gasteiger partial charge in [0, 0.05) is 27.4 Å². The average Bonchev–Trinajstić information content (AvgIpc) is 3.21. The van der Waals surface area contributed by atoms with E-state index < -0.39 is 0 Å². The molecule has 0 atom stereocenters. The summed E-state index contributed by atoms with van der Waals surface area (Å²) >= 11 is 12.6. The first-order valence-electron chi connectivity index (χ1n) is 10.1. The molecule has 4 rings (SSSR count). The highest BCUT2D eigenvalue weighted by atomic mass is 35.5. The van der Waals surface area contributed by atoms with Gasteiger partial charge in [-0.2, -0.15) is 10.2 Å². The summed E-state index contributed by atoms with van der Waals surface area (Å²) in [6.07, 6.45) is 3.47. The Hall–Kier alpha value is -3.48. The fraction of sp³-hybridized carbons (Fsp3) is 0.0800. The van der Waals surface area contributed by atoms with Crippen LogP contribution >= 0.6 is 23.2 Å². The molecule has 0 spiro atoms. The van der Waals surface area contributed by atoms with E-state index in [4.69, 9.17) is 23.2 Å². The minimum atomic E-state index is -0.348. The van der Waals surface area contributed by atoms with Crippen molar-refractivity contribution in [3.63, 3.8) is 0 Å². The number of carbonyl (C=O) groups excluding carboxylic acids is 1. The summed E-state index contributed by atoms with van der Waals surface area (Å²) in [4.78, 5) is 12.2. The van der Waals surface area contributed by atoms with Gasteiger partial charge in [-0.1, -0.05) is 71.7 Å². The van der Waals surface area contributed by atoms with Crippen molar-refractivity contribution in [2.75, 3.05) is 0 Å². The number of hydrogen-bond acceptors (Lipinski definition) is 3. The van der Waals surface area contributed by atoms with Gasteiger partial charge in [-0.25, -0.2) is 9.82 Å². The zero-order valence-corrected chi connectivity index (χ0v) is 18.9. The number of hydrazone groups is 1. The summed E-state index contributed by atoms with van der Waals surface area (Å²) in [5.41, 5.74) is 6.32. The van der Waals surface area contributed by atoms with Crippen LogP contribution in [0.4, 0.5) is 4.39 Å². The van der Waals surface area contributed by atoms with E-state index >= 15 is 0 Å². The Morgan fingerprint density at radius 3 is 2.39 bits per heavy atom. The van der Waals surface area contributed by atoms with Gasteiger partial charge in [-0.3, -0.25) is 9.48 Å². The Kier molecular flexibility index (Phi) is 7.17. The zero-order chi connectivity index (χ0) is 23.2. The maximum Gasteiger partial charge on any atom is 0.244 e. The van der Waals surface area contributed by atoms with Crippen LogP contribution in [0.1, 0.15) is 16.8 Å². The molecule has 0 saturated heterocycles. The normalized spacial score (nSPS) is 11.1. The molecule has 0 aliphatic heterocycles. The summed E-state index contributed by atoms with van der Waals surface area (Å²) in [6, 6.07) is 20.8. The number of hydrogen-bond donors (Lipinski definition) is 1. The summed E-state index contributed by atoms with van der Waals surface area (Å²) in [5.74, 6) is -0.666.